The van der Waals surface area contributed by atoms with Crippen molar-refractivity contribution >= 4 is 27.6 Å². The summed E-state index contributed by atoms with van der Waals surface area (Å²) in [4.78, 5) is 12.0. The summed E-state index contributed by atoms with van der Waals surface area (Å²) in [6, 6.07) is 2.08. The number of phenolic OH excluding ortho intramolecular Hbond substituents is 1. The number of rotatable bonds is 3. The van der Waals surface area contributed by atoms with Crippen molar-refractivity contribution in [3.63, 3.8) is 0 Å². The molecule has 21 heavy (non-hydrogen) atoms. The van der Waals surface area contributed by atoms with Crippen molar-refractivity contribution in [2.75, 3.05) is 5.32 Å². The number of phenols is 1. The smallest absolute Gasteiger partial charge is 0.319 e. The Hall–Kier alpha value is -1.30. The van der Waals surface area contributed by atoms with Crippen molar-refractivity contribution in [2.45, 2.75) is 46.6 Å². The second-order valence-electron chi connectivity index (χ2n) is 6.98. The van der Waals surface area contributed by atoms with Gasteiger partial charge in [-0.05, 0) is 37.8 Å². The molecule has 1 aromatic carbocycles. The minimum absolute atomic E-state index is 0.0194. The summed E-state index contributed by atoms with van der Waals surface area (Å²) >= 11 is 3.12. The largest absolute Gasteiger partial charge is 0.503 e. The van der Waals surface area contributed by atoms with E-state index in [-0.39, 0.29) is 11.1 Å². The number of urea groups is 1. The highest BCUT2D eigenvalue weighted by Crippen LogP contribution is 2.31. The number of halogens is 2. The van der Waals surface area contributed by atoms with Crippen LogP contribution in [0.15, 0.2) is 16.6 Å². The zero-order valence-corrected chi connectivity index (χ0v) is 14.6. The van der Waals surface area contributed by atoms with E-state index in [0.717, 1.165) is 12.5 Å². The number of hydrogen-bond acceptors (Lipinski definition) is 2. The van der Waals surface area contributed by atoms with Gasteiger partial charge in [-0.1, -0.05) is 36.7 Å². The molecular formula is C15H22BrFN2O2. The maximum Gasteiger partial charge on any atom is 0.319 e. The monoisotopic (exact) mass is 360 g/mol. The van der Waals surface area contributed by atoms with Gasteiger partial charge in [-0.15, -0.1) is 0 Å². The van der Waals surface area contributed by atoms with Gasteiger partial charge < -0.3 is 15.7 Å². The third-order valence-electron chi connectivity index (χ3n) is 2.70. The van der Waals surface area contributed by atoms with Crippen molar-refractivity contribution in [1.29, 1.82) is 0 Å². The summed E-state index contributed by atoms with van der Waals surface area (Å²) in [6.45, 7) is 10.1. The quantitative estimate of drug-likeness (QED) is 0.688. The van der Waals surface area contributed by atoms with Gasteiger partial charge in [0.1, 0.15) is 0 Å². The van der Waals surface area contributed by atoms with E-state index in [1.54, 1.807) is 0 Å². The van der Waals surface area contributed by atoms with Gasteiger partial charge in [0.05, 0.1) is 5.69 Å². The lowest BCUT2D eigenvalue weighted by atomic mass is 9.82. The highest BCUT2D eigenvalue weighted by atomic mass is 79.9. The molecule has 0 radical (unpaired) electrons. The number of aromatic hydroxyl groups is 1. The van der Waals surface area contributed by atoms with Crippen LogP contribution in [0.25, 0.3) is 0 Å². The molecule has 1 rings (SSSR count). The molecule has 0 aliphatic rings. The lowest BCUT2D eigenvalue weighted by Gasteiger charge is -2.33. The first-order chi connectivity index (χ1) is 9.39. The third kappa shape index (κ3) is 5.91. The second-order valence-corrected chi connectivity index (χ2v) is 7.90. The van der Waals surface area contributed by atoms with Crippen molar-refractivity contribution in [1.82, 2.24) is 5.32 Å². The van der Waals surface area contributed by atoms with Crippen LogP contribution in [-0.4, -0.2) is 16.7 Å². The molecule has 6 heteroatoms. The predicted molar refractivity (Wildman–Crippen MR) is 86.1 cm³/mol. The Kier molecular flexibility index (Phi) is 5.25. The van der Waals surface area contributed by atoms with E-state index in [1.165, 1.54) is 6.07 Å². The fourth-order valence-corrected chi connectivity index (χ4v) is 2.92. The molecule has 2 amide bonds. The Morgan fingerprint density at radius 3 is 2.38 bits per heavy atom. The Labute approximate surface area is 133 Å². The summed E-state index contributed by atoms with van der Waals surface area (Å²) in [7, 11) is 0. The van der Waals surface area contributed by atoms with E-state index in [2.05, 4.69) is 47.3 Å². The third-order valence-corrected chi connectivity index (χ3v) is 3.16. The van der Waals surface area contributed by atoms with Gasteiger partial charge in [-0.2, -0.15) is 0 Å². The molecule has 0 aromatic heterocycles. The Morgan fingerprint density at radius 1 is 1.29 bits per heavy atom. The van der Waals surface area contributed by atoms with Gasteiger partial charge in [-0.3, -0.25) is 0 Å². The fourth-order valence-electron chi connectivity index (χ4n) is 2.49. The van der Waals surface area contributed by atoms with E-state index >= 15 is 0 Å². The zero-order valence-electron chi connectivity index (χ0n) is 13.0. The van der Waals surface area contributed by atoms with Gasteiger partial charge in [0.25, 0.3) is 0 Å². The minimum atomic E-state index is -0.798. The SMILES string of the molecule is CC(C)(C)CC(C)(C)NC(=O)Nc1cc(Br)cc(F)c1O. The molecule has 0 atom stereocenters. The number of hydrogen-bond donors (Lipinski definition) is 3. The van der Waals surface area contributed by atoms with Gasteiger partial charge in [0, 0.05) is 10.0 Å². The Morgan fingerprint density at radius 2 is 1.86 bits per heavy atom. The van der Waals surface area contributed by atoms with Gasteiger partial charge in [-0.25, -0.2) is 9.18 Å². The van der Waals surface area contributed by atoms with Crippen LogP contribution in [0, 0.1) is 11.2 Å². The van der Waals surface area contributed by atoms with Gasteiger partial charge >= 0.3 is 6.03 Å². The number of nitrogens with one attached hydrogen (secondary N) is 2. The van der Waals surface area contributed by atoms with Crippen LogP contribution >= 0.6 is 15.9 Å². The summed E-state index contributed by atoms with van der Waals surface area (Å²) in [5, 5.41) is 14.9. The van der Waals surface area contributed by atoms with E-state index in [0.29, 0.717) is 4.47 Å². The molecule has 0 aliphatic carbocycles. The van der Waals surface area contributed by atoms with Crippen LogP contribution in [0.1, 0.15) is 41.0 Å². The van der Waals surface area contributed by atoms with Crippen molar-refractivity contribution in [2.24, 2.45) is 5.41 Å². The maximum absolute atomic E-state index is 13.4. The number of amides is 2. The second kappa shape index (κ2) is 6.22. The van der Waals surface area contributed by atoms with Crippen molar-refractivity contribution < 1.29 is 14.3 Å². The normalized spacial score (nSPS) is 12.1. The molecule has 0 saturated carbocycles. The molecule has 0 bridgehead atoms. The number of benzene rings is 1. The maximum atomic E-state index is 13.4. The minimum Gasteiger partial charge on any atom is -0.503 e. The highest BCUT2D eigenvalue weighted by molar-refractivity contribution is 9.10. The van der Waals surface area contributed by atoms with Crippen LogP contribution in [-0.2, 0) is 0 Å². The topological polar surface area (TPSA) is 61.4 Å². The lowest BCUT2D eigenvalue weighted by Crippen LogP contribution is -2.47. The number of carbonyl (C=O) groups is 1. The van der Waals surface area contributed by atoms with Gasteiger partial charge in [0.15, 0.2) is 11.6 Å². The Balaban J connectivity index is 2.79. The summed E-state index contributed by atoms with van der Waals surface area (Å²) in [5.41, 5.74) is -0.352. The molecule has 0 heterocycles. The van der Waals surface area contributed by atoms with Crippen molar-refractivity contribution in [3.8, 4) is 5.75 Å². The lowest BCUT2D eigenvalue weighted by molar-refractivity contribution is 0.220. The molecule has 3 N–H and O–H groups in total. The molecule has 118 valence electrons. The summed E-state index contributed by atoms with van der Waals surface area (Å²) in [5.74, 6) is -1.38. The van der Waals surface area contributed by atoms with E-state index in [9.17, 15) is 14.3 Å². The van der Waals surface area contributed by atoms with Gasteiger partial charge in [0.2, 0.25) is 0 Å². The molecule has 0 aliphatic heterocycles. The zero-order chi connectivity index (χ0) is 16.4. The van der Waals surface area contributed by atoms with Crippen LogP contribution in [0.2, 0.25) is 0 Å². The first-order valence-corrected chi connectivity index (χ1v) is 7.46. The fraction of sp³-hybridized carbons (Fsp3) is 0.533. The Bertz CT molecular complexity index is 539. The first kappa shape index (κ1) is 17.8. The van der Waals surface area contributed by atoms with Crippen molar-refractivity contribution in [3.05, 3.63) is 22.4 Å². The number of anilines is 1. The van der Waals surface area contributed by atoms with Crippen LogP contribution in [0.4, 0.5) is 14.9 Å². The highest BCUT2D eigenvalue weighted by Gasteiger charge is 2.27. The molecule has 0 spiro atoms. The summed E-state index contributed by atoms with van der Waals surface area (Å²) in [6.07, 6.45) is 0.770. The van der Waals surface area contributed by atoms with Crippen LogP contribution in [0.3, 0.4) is 0 Å². The first-order valence-electron chi connectivity index (χ1n) is 6.67. The van der Waals surface area contributed by atoms with Crippen LogP contribution < -0.4 is 10.6 Å². The molecule has 4 nitrogen and oxygen atoms in total. The molecule has 0 unspecified atom stereocenters. The van der Waals surface area contributed by atoms with E-state index < -0.39 is 23.1 Å². The standard InChI is InChI=1S/C15H22BrFN2O2/c1-14(2,3)8-15(4,5)19-13(21)18-11-7-9(16)6-10(17)12(11)20/h6-7,20H,8H2,1-5H3,(H2,18,19,21). The average molecular weight is 361 g/mol. The number of carbonyl (C=O) groups excluding carboxylic acids is 1. The molecular weight excluding hydrogens is 339 g/mol. The molecule has 0 saturated heterocycles. The summed E-state index contributed by atoms with van der Waals surface area (Å²) < 4.78 is 13.8. The van der Waals surface area contributed by atoms with E-state index in [4.69, 9.17) is 0 Å². The molecule has 1 aromatic rings. The van der Waals surface area contributed by atoms with Crippen LogP contribution in [0.5, 0.6) is 5.75 Å². The molecule has 0 fully saturated rings. The average Bonchev–Trinajstić information content (AvgIpc) is 2.20. The predicted octanol–water partition coefficient (Wildman–Crippen LogP) is 4.63. The van der Waals surface area contributed by atoms with E-state index in [1.807, 2.05) is 13.8 Å².